The molecular weight excluding hydrogens is 356 g/mol. The molecule has 0 radical (unpaired) electrons. The molecule has 0 fully saturated rings. The molecule has 1 amide bonds. The highest BCUT2D eigenvalue weighted by Crippen LogP contribution is 2.30. The minimum absolute atomic E-state index is 0.270. The van der Waals surface area contributed by atoms with Gasteiger partial charge < -0.3 is 14.6 Å². The number of aromatic nitrogens is 1. The first-order valence-corrected chi connectivity index (χ1v) is 7.32. The Morgan fingerprint density at radius 2 is 2.10 bits per heavy atom. The van der Waals surface area contributed by atoms with Crippen molar-refractivity contribution >= 4 is 33.4 Å². The molecular formula is C15H14BrClN2O2. The van der Waals surface area contributed by atoms with Gasteiger partial charge in [-0.1, -0.05) is 34.1 Å². The lowest BCUT2D eigenvalue weighted by Crippen LogP contribution is -2.25. The standard InChI is InChI=1S/C15H14BrClN2O2/c1-10(16)9-18-15(20)11-7-12(17)13(8-14(11)21-2)19-5-3-4-6-19/h3-8H,1,9H2,2H3,(H,18,20). The van der Waals surface area contributed by atoms with Crippen LogP contribution in [0.5, 0.6) is 5.75 Å². The van der Waals surface area contributed by atoms with E-state index < -0.39 is 0 Å². The van der Waals surface area contributed by atoms with Crippen molar-refractivity contribution in [3.8, 4) is 11.4 Å². The summed E-state index contributed by atoms with van der Waals surface area (Å²) in [5.74, 6) is 0.189. The number of halogens is 2. The lowest BCUT2D eigenvalue weighted by atomic mass is 10.1. The van der Waals surface area contributed by atoms with Gasteiger partial charge in [0, 0.05) is 29.5 Å². The van der Waals surface area contributed by atoms with Gasteiger partial charge in [0.2, 0.25) is 0 Å². The number of amides is 1. The second-order valence-corrected chi connectivity index (χ2v) is 5.82. The number of carbonyl (C=O) groups is 1. The monoisotopic (exact) mass is 368 g/mol. The molecule has 0 bridgehead atoms. The van der Waals surface area contributed by atoms with Gasteiger partial charge in [0.15, 0.2) is 0 Å². The van der Waals surface area contributed by atoms with Crippen LogP contribution in [0.1, 0.15) is 10.4 Å². The summed E-state index contributed by atoms with van der Waals surface area (Å²) in [6.07, 6.45) is 3.74. The second kappa shape index (κ2) is 6.83. The predicted octanol–water partition coefficient (Wildman–Crippen LogP) is 3.78. The van der Waals surface area contributed by atoms with Crippen LogP contribution in [0, 0.1) is 0 Å². The van der Waals surface area contributed by atoms with Crippen molar-refractivity contribution < 1.29 is 9.53 Å². The first-order chi connectivity index (χ1) is 10.0. The number of ether oxygens (including phenoxy) is 1. The van der Waals surface area contributed by atoms with E-state index in [-0.39, 0.29) is 5.91 Å². The Morgan fingerprint density at radius 3 is 2.67 bits per heavy atom. The Morgan fingerprint density at radius 1 is 1.43 bits per heavy atom. The van der Waals surface area contributed by atoms with Crippen molar-refractivity contribution in [2.75, 3.05) is 13.7 Å². The van der Waals surface area contributed by atoms with Gasteiger partial charge in [-0.15, -0.1) is 0 Å². The molecule has 0 aliphatic heterocycles. The zero-order valence-corrected chi connectivity index (χ0v) is 13.7. The van der Waals surface area contributed by atoms with Gasteiger partial charge in [0.1, 0.15) is 5.75 Å². The van der Waals surface area contributed by atoms with Crippen LogP contribution in [-0.2, 0) is 0 Å². The topological polar surface area (TPSA) is 43.3 Å². The molecule has 21 heavy (non-hydrogen) atoms. The maximum atomic E-state index is 12.2. The molecule has 0 spiro atoms. The predicted molar refractivity (Wildman–Crippen MR) is 87.7 cm³/mol. The molecule has 1 aromatic carbocycles. The van der Waals surface area contributed by atoms with E-state index in [0.717, 1.165) is 5.69 Å². The number of hydrogen-bond acceptors (Lipinski definition) is 2. The van der Waals surface area contributed by atoms with Crippen molar-refractivity contribution in [2.24, 2.45) is 0 Å². The largest absolute Gasteiger partial charge is 0.496 e. The van der Waals surface area contributed by atoms with Crippen molar-refractivity contribution in [3.05, 3.63) is 58.3 Å². The van der Waals surface area contributed by atoms with Crippen molar-refractivity contribution in [1.29, 1.82) is 0 Å². The highest BCUT2D eigenvalue weighted by molar-refractivity contribution is 9.11. The zero-order valence-electron chi connectivity index (χ0n) is 11.4. The van der Waals surface area contributed by atoms with Crippen LogP contribution in [0.2, 0.25) is 5.02 Å². The van der Waals surface area contributed by atoms with Crippen LogP contribution in [0.25, 0.3) is 5.69 Å². The van der Waals surface area contributed by atoms with Crippen LogP contribution in [-0.4, -0.2) is 24.1 Å². The number of nitrogens with one attached hydrogen (secondary N) is 1. The van der Waals surface area contributed by atoms with Crippen LogP contribution < -0.4 is 10.1 Å². The molecule has 0 aliphatic rings. The molecule has 1 N–H and O–H groups in total. The Balaban J connectivity index is 2.37. The highest BCUT2D eigenvalue weighted by atomic mass is 79.9. The molecule has 0 saturated heterocycles. The molecule has 110 valence electrons. The number of hydrogen-bond donors (Lipinski definition) is 1. The average Bonchev–Trinajstić information content (AvgIpc) is 2.98. The molecule has 1 aromatic heterocycles. The third-order valence-corrected chi connectivity index (χ3v) is 3.42. The summed E-state index contributed by atoms with van der Waals surface area (Å²) in [6, 6.07) is 7.12. The number of nitrogens with zero attached hydrogens (tertiary/aromatic N) is 1. The molecule has 0 aliphatic carbocycles. The molecule has 6 heteroatoms. The van der Waals surface area contributed by atoms with E-state index in [9.17, 15) is 4.79 Å². The third-order valence-electron chi connectivity index (χ3n) is 2.84. The fourth-order valence-electron chi connectivity index (χ4n) is 1.85. The Labute approximate surface area is 136 Å². The first-order valence-electron chi connectivity index (χ1n) is 6.15. The van der Waals surface area contributed by atoms with E-state index in [2.05, 4.69) is 27.8 Å². The normalized spacial score (nSPS) is 10.2. The molecule has 2 aromatic rings. The first kappa shape index (κ1) is 15.7. The van der Waals surface area contributed by atoms with Crippen LogP contribution in [0.15, 0.2) is 47.7 Å². The molecule has 4 nitrogen and oxygen atoms in total. The van der Waals surface area contributed by atoms with Crippen molar-refractivity contribution in [2.45, 2.75) is 0 Å². The summed E-state index contributed by atoms with van der Waals surface area (Å²) in [5, 5.41) is 3.19. The Bertz CT molecular complexity index is 669. The van der Waals surface area contributed by atoms with Gasteiger partial charge in [0.05, 0.1) is 23.4 Å². The third kappa shape index (κ3) is 3.68. The molecule has 1 heterocycles. The number of benzene rings is 1. The van der Waals surface area contributed by atoms with Crippen LogP contribution >= 0.6 is 27.5 Å². The lowest BCUT2D eigenvalue weighted by molar-refractivity contribution is 0.0955. The van der Waals surface area contributed by atoms with Gasteiger partial charge in [-0.25, -0.2) is 0 Å². The van der Waals surface area contributed by atoms with Gasteiger partial charge in [-0.3, -0.25) is 4.79 Å². The average molecular weight is 370 g/mol. The Hall–Kier alpha value is -1.72. The van der Waals surface area contributed by atoms with Gasteiger partial charge in [0.25, 0.3) is 5.91 Å². The molecule has 0 atom stereocenters. The summed E-state index contributed by atoms with van der Waals surface area (Å²) in [4.78, 5) is 12.2. The number of rotatable bonds is 5. The van der Waals surface area contributed by atoms with Gasteiger partial charge in [-0.05, 0) is 18.2 Å². The maximum absolute atomic E-state index is 12.2. The Kier molecular flexibility index (Phi) is 5.09. The molecule has 0 saturated carbocycles. The van der Waals surface area contributed by atoms with E-state index in [4.69, 9.17) is 16.3 Å². The highest BCUT2D eigenvalue weighted by Gasteiger charge is 2.16. The van der Waals surface area contributed by atoms with E-state index in [1.54, 1.807) is 12.1 Å². The minimum Gasteiger partial charge on any atom is -0.496 e. The summed E-state index contributed by atoms with van der Waals surface area (Å²) in [6.45, 7) is 4.00. The van der Waals surface area contributed by atoms with Crippen molar-refractivity contribution in [1.82, 2.24) is 9.88 Å². The van der Waals surface area contributed by atoms with E-state index in [1.165, 1.54) is 7.11 Å². The van der Waals surface area contributed by atoms with E-state index in [1.807, 2.05) is 29.1 Å². The molecule has 2 rings (SSSR count). The van der Waals surface area contributed by atoms with Crippen molar-refractivity contribution in [3.63, 3.8) is 0 Å². The summed E-state index contributed by atoms with van der Waals surface area (Å²) in [7, 11) is 1.52. The SMILES string of the molecule is C=C(Br)CNC(=O)c1cc(Cl)c(-n2cccc2)cc1OC. The van der Waals surface area contributed by atoms with E-state index in [0.29, 0.717) is 27.4 Å². The van der Waals surface area contributed by atoms with Gasteiger partial charge >= 0.3 is 0 Å². The smallest absolute Gasteiger partial charge is 0.255 e. The minimum atomic E-state index is -0.270. The van der Waals surface area contributed by atoms with Crippen LogP contribution in [0.3, 0.4) is 0 Å². The fourth-order valence-corrected chi connectivity index (χ4v) is 2.25. The van der Waals surface area contributed by atoms with E-state index >= 15 is 0 Å². The fraction of sp³-hybridized carbons (Fsp3) is 0.133. The lowest BCUT2D eigenvalue weighted by Gasteiger charge is -2.13. The quantitative estimate of drug-likeness (QED) is 0.871. The molecule has 0 unspecified atom stereocenters. The second-order valence-electron chi connectivity index (χ2n) is 4.29. The summed E-state index contributed by atoms with van der Waals surface area (Å²) < 4.78 is 7.84. The van der Waals surface area contributed by atoms with Gasteiger partial charge in [-0.2, -0.15) is 0 Å². The zero-order chi connectivity index (χ0) is 15.4. The van der Waals surface area contributed by atoms with Crippen LogP contribution in [0.4, 0.5) is 0 Å². The maximum Gasteiger partial charge on any atom is 0.255 e. The summed E-state index contributed by atoms with van der Waals surface area (Å²) in [5.41, 5.74) is 1.13. The number of methoxy groups -OCH3 is 1. The summed E-state index contributed by atoms with van der Waals surface area (Å²) >= 11 is 9.47. The number of carbonyl (C=O) groups excluding carboxylic acids is 1.